The van der Waals surface area contributed by atoms with E-state index in [1.807, 2.05) is 48.9 Å². The number of nitrogens with one attached hydrogen (secondary N) is 1. The van der Waals surface area contributed by atoms with Gasteiger partial charge in [-0.2, -0.15) is 5.10 Å². The summed E-state index contributed by atoms with van der Waals surface area (Å²) in [5.41, 5.74) is 4.83. The number of rotatable bonds is 6. The lowest BCUT2D eigenvalue weighted by atomic mass is 10.1. The fourth-order valence-corrected chi connectivity index (χ4v) is 4.24. The predicted molar refractivity (Wildman–Crippen MR) is 116 cm³/mol. The summed E-state index contributed by atoms with van der Waals surface area (Å²) in [6.07, 6.45) is 0.388. The zero-order valence-corrected chi connectivity index (χ0v) is 17.5. The van der Waals surface area contributed by atoms with Gasteiger partial charge < -0.3 is 15.0 Å². The lowest BCUT2D eigenvalue weighted by molar-refractivity contribution is -0.116. The number of hydrogen-bond acceptors (Lipinski definition) is 6. The number of benzene rings is 1. The summed E-state index contributed by atoms with van der Waals surface area (Å²) in [7, 11) is 0. The van der Waals surface area contributed by atoms with Gasteiger partial charge in [-0.25, -0.2) is 4.98 Å². The number of aromatic nitrogens is 3. The molecule has 2 aromatic heterocycles. The van der Waals surface area contributed by atoms with Crippen LogP contribution in [0.15, 0.2) is 35.7 Å². The number of carbonyl (C=O) groups excluding carboxylic acids is 1. The van der Waals surface area contributed by atoms with Crippen molar-refractivity contribution in [3.05, 3.63) is 47.1 Å². The third-order valence-corrected chi connectivity index (χ3v) is 5.79. The number of aryl methyl sites for hydroxylation is 3. The van der Waals surface area contributed by atoms with Gasteiger partial charge in [0.25, 0.3) is 0 Å². The summed E-state index contributed by atoms with van der Waals surface area (Å²) < 4.78 is 7.27. The first-order valence-corrected chi connectivity index (χ1v) is 10.7. The standard InChI is InChI=1S/C21H25N5O2S/c1-15-13-16(2)26(24-15)8-7-20(27)22-18-5-3-17(4-6-18)19-14-29-21(23-19)25-9-11-28-12-10-25/h3-6,13-14H,7-12H2,1-2H3,(H,22,27). The van der Waals surface area contributed by atoms with E-state index in [-0.39, 0.29) is 5.91 Å². The van der Waals surface area contributed by atoms with Crippen molar-refractivity contribution < 1.29 is 9.53 Å². The Morgan fingerprint density at radius 2 is 1.97 bits per heavy atom. The zero-order valence-electron chi connectivity index (χ0n) is 16.7. The van der Waals surface area contributed by atoms with Crippen LogP contribution in [0.25, 0.3) is 11.3 Å². The van der Waals surface area contributed by atoms with Gasteiger partial charge in [0, 0.05) is 48.4 Å². The number of thiazole rings is 1. The fourth-order valence-electron chi connectivity index (χ4n) is 3.35. The molecule has 3 aromatic rings. The zero-order chi connectivity index (χ0) is 20.2. The molecule has 1 aliphatic rings. The van der Waals surface area contributed by atoms with Crippen LogP contribution in [0.2, 0.25) is 0 Å². The van der Waals surface area contributed by atoms with Gasteiger partial charge in [-0.15, -0.1) is 11.3 Å². The third-order valence-electron chi connectivity index (χ3n) is 4.89. The van der Waals surface area contributed by atoms with Crippen LogP contribution in [-0.4, -0.2) is 47.0 Å². The van der Waals surface area contributed by atoms with Gasteiger partial charge in [0.15, 0.2) is 5.13 Å². The molecular weight excluding hydrogens is 386 g/mol. The van der Waals surface area contributed by atoms with E-state index >= 15 is 0 Å². The van der Waals surface area contributed by atoms with E-state index in [4.69, 9.17) is 9.72 Å². The molecule has 1 fully saturated rings. The molecule has 0 radical (unpaired) electrons. The SMILES string of the molecule is Cc1cc(C)n(CCC(=O)Nc2ccc(-c3csc(N4CCOCC4)n3)cc2)n1. The highest BCUT2D eigenvalue weighted by atomic mass is 32.1. The fraction of sp³-hybridized carbons (Fsp3) is 0.381. The van der Waals surface area contributed by atoms with Gasteiger partial charge in [0.1, 0.15) is 0 Å². The van der Waals surface area contributed by atoms with Crippen molar-refractivity contribution in [1.29, 1.82) is 0 Å². The summed E-state index contributed by atoms with van der Waals surface area (Å²) in [6.45, 7) is 7.81. The maximum absolute atomic E-state index is 12.3. The second kappa shape index (κ2) is 8.75. The third kappa shape index (κ3) is 4.83. The summed E-state index contributed by atoms with van der Waals surface area (Å²) >= 11 is 1.65. The van der Waals surface area contributed by atoms with E-state index < -0.39 is 0 Å². The van der Waals surface area contributed by atoms with Crippen LogP contribution in [0.3, 0.4) is 0 Å². The Morgan fingerprint density at radius 1 is 1.21 bits per heavy atom. The topological polar surface area (TPSA) is 72.3 Å². The molecule has 0 saturated carbocycles. The molecule has 4 rings (SSSR count). The lowest BCUT2D eigenvalue weighted by Gasteiger charge is -2.26. The molecule has 152 valence electrons. The molecule has 0 unspecified atom stereocenters. The highest BCUT2D eigenvalue weighted by Gasteiger charge is 2.15. The number of nitrogens with zero attached hydrogens (tertiary/aromatic N) is 4. The largest absolute Gasteiger partial charge is 0.378 e. The van der Waals surface area contributed by atoms with E-state index in [0.29, 0.717) is 13.0 Å². The Balaban J connectivity index is 1.33. The van der Waals surface area contributed by atoms with Crippen LogP contribution in [0, 0.1) is 13.8 Å². The average Bonchev–Trinajstić information content (AvgIpc) is 3.34. The van der Waals surface area contributed by atoms with E-state index in [9.17, 15) is 4.79 Å². The first kappa shape index (κ1) is 19.6. The van der Waals surface area contributed by atoms with Gasteiger partial charge in [0.2, 0.25) is 5.91 Å². The summed E-state index contributed by atoms with van der Waals surface area (Å²) in [6, 6.07) is 9.84. The number of anilines is 2. The molecule has 1 N–H and O–H groups in total. The minimum atomic E-state index is -0.0198. The molecule has 1 aliphatic heterocycles. The van der Waals surface area contributed by atoms with E-state index in [2.05, 4.69) is 20.7 Å². The smallest absolute Gasteiger partial charge is 0.226 e. The minimum Gasteiger partial charge on any atom is -0.378 e. The summed E-state index contributed by atoms with van der Waals surface area (Å²) in [5.74, 6) is -0.0198. The first-order chi connectivity index (χ1) is 14.1. The predicted octanol–water partition coefficient (Wildman–Crippen LogP) is 3.49. The minimum absolute atomic E-state index is 0.0198. The van der Waals surface area contributed by atoms with Crippen molar-refractivity contribution >= 4 is 28.1 Å². The van der Waals surface area contributed by atoms with Crippen LogP contribution >= 0.6 is 11.3 Å². The van der Waals surface area contributed by atoms with Gasteiger partial charge in [-0.1, -0.05) is 12.1 Å². The maximum Gasteiger partial charge on any atom is 0.226 e. The van der Waals surface area contributed by atoms with Crippen LogP contribution < -0.4 is 10.2 Å². The van der Waals surface area contributed by atoms with Crippen LogP contribution in [0.1, 0.15) is 17.8 Å². The molecule has 0 bridgehead atoms. The lowest BCUT2D eigenvalue weighted by Crippen LogP contribution is -2.36. The molecule has 29 heavy (non-hydrogen) atoms. The van der Waals surface area contributed by atoms with Gasteiger partial charge in [-0.05, 0) is 32.0 Å². The molecule has 8 heteroatoms. The number of carbonyl (C=O) groups is 1. The van der Waals surface area contributed by atoms with Gasteiger partial charge in [-0.3, -0.25) is 9.48 Å². The Morgan fingerprint density at radius 3 is 2.66 bits per heavy atom. The molecule has 0 atom stereocenters. The molecule has 7 nitrogen and oxygen atoms in total. The van der Waals surface area contributed by atoms with E-state index in [0.717, 1.165) is 59.8 Å². The van der Waals surface area contributed by atoms with Crippen molar-refractivity contribution in [2.24, 2.45) is 0 Å². The molecule has 1 aromatic carbocycles. The number of ether oxygens (including phenoxy) is 1. The summed E-state index contributed by atoms with van der Waals surface area (Å²) in [4.78, 5) is 19.3. The average molecular weight is 412 g/mol. The number of hydrogen-bond donors (Lipinski definition) is 1. The monoisotopic (exact) mass is 411 g/mol. The number of morpholine rings is 1. The quantitative estimate of drug-likeness (QED) is 0.672. The molecular formula is C21H25N5O2S. The van der Waals surface area contributed by atoms with Crippen molar-refractivity contribution in [1.82, 2.24) is 14.8 Å². The number of amides is 1. The van der Waals surface area contributed by atoms with Crippen LogP contribution in [-0.2, 0) is 16.1 Å². The maximum atomic E-state index is 12.3. The molecule has 1 amide bonds. The first-order valence-electron chi connectivity index (χ1n) is 9.78. The van der Waals surface area contributed by atoms with Crippen LogP contribution in [0.5, 0.6) is 0 Å². The molecule has 0 spiro atoms. The van der Waals surface area contributed by atoms with E-state index in [1.165, 1.54) is 0 Å². The van der Waals surface area contributed by atoms with Gasteiger partial charge >= 0.3 is 0 Å². The van der Waals surface area contributed by atoms with Crippen molar-refractivity contribution in [3.63, 3.8) is 0 Å². The van der Waals surface area contributed by atoms with Crippen molar-refractivity contribution in [2.45, 2.75) is 26.8 Å². The van der Waals surface area contributed by atoms with Crippen molar-refractivity contribution in [2.75, 3.05) is 36.5 Å². The Kier molecular flexibility index (Phi) is 5.92. The molecule has 1 saturated heterocycles. The molecule has 3 heterocycles. The van der Waals surface area contributed by atoms with Crippen molar-refractivity contribution in [3.8, 4) is 11.3 Å². The Hall–Kier alpha value is -2.71. The van der Waals surface area contributed by atoms with Gasteiger partial charge in [0.05, 0.1) is 24.6 Å². The second-order valence-corrected chi connectivity index (χ2v) is 7.98. The summed E-state index contributed by atoms with van der Waals surface area (Å²) in [5, 5.41) is 10.5. The van der Waals surface area contributed by atoms with E-state index in [1.54, 1.807) is 11.3 Å². The Labute approximate surface area is 174 Å². The highest BCUT2D eigenvalue weighted by molar-refractivity contribution is 7.14. The van der Waals surface area contributed by atoms with Crippen LogP contribution in [0.4, 0.5) is 10.8 Å². The normalized spacial score (nSPS) is 14.2. The molecule has 0 aliphatic carbocycles. The second-order valence-electron chi connectivity index (χ2n) is 7.14. The highest BCUT2D eigenvalue weighted by Crippen LogP contribution is 2.28. The Bertz CT molecular complexity index is 973.